The lowest BCUT2D eigenvalue weighted by Gasteiger charge is -2.05. The van der Waals surface area contributed by atoms with E-state index in [1.807, 2.05) is 38.1 Å². The summed E-state index contributed by atoms with van der Waals surface area (Å²) in [6.07, 6.45) is 0.843. The van der Waals surface area contributed by atoms with Gasteiger partial charge >= 0.3 is 0 Å². The van der Waals surface area contributed by atoms with Gasteiger partial charge in [-0.1, -0.05) is 31.1 Å². The van der Waals surface area contributed by atoms with Gasteiger partial charge in [0.2, 0.25) is 0 Å². The van der Waals surface area contributed by atoms with Gasteiger partial charge in [-0.3, -0.25) is 0 Å². The van der Waals surface area contributed by atoms with Crippen LogP contribution in [-0.4, -0.2) is 16.7 Å². The van der Waals surface area contributed by atoms with Crippen molar-refractivity contribution in [3.8, 4) is 5.75 Å². The predicted molar refractivity (Wildman–Crippen MR) is 71.9 cm³/mol. The molecule has 0 bridgehead atoms. The van der Waals surface area contributed by atoms with Gasteiger partial charge in [0.05, 0.1) is 0 Å². The molecule has 0 aliphatic rings. The van der Waals surface area contributed by atoms with Crippen molar-refractivity contribution in [2.45, 2.75) is 32.8 Å². The summed E-state index contributed by atoms with van der Waals surface area (Å²) in [5.41, 5.74) is 6.69. The van der Waals surface area contributed by atoms with Crippen molar-refractivity contribution < 1.29 is 9.26 Å². The van der Waals surface area contributed by atoms with Crippen LogP contribution in [0.4, 0.5) is 0 Å². The van der Waals surface area contributed by atoms with E-state index in [0.29, 0.717) is 18.3 Å². The van der Waals surface area contributed by atoms with Crippen LogP contribution in [0.5, 0.6) is 5.75 Å². The SMILES string of the molecule is CC(C)c1noc(COc2cccc(CCN)c2)n1. The third-order valence-corrected chi connectivity index (χ3v) is 2.69. The maximum atomic E-state index is 5.64. The van der Waals surface area contributed by atoms with E-state index in [-0.39, 0.29) is 12.5 Å². The molecule has 0 saturated carbocycles. The highest BCUT2D eigenvalue weighted by molar-refractivity contribution is 5.28. The molecule has 0 amide bonds. The minimum atomic E-state index is 0.255. The molecule has 2 rings (SSSR count). The molecule has 0 unspecified atom stereocenters. The molecule has 0 saturated heterocycles. The van der Waals surface area contributed by atoms with Gasteiger partial charge in [-0.2, -0.15) is 4.98 Å². The van der Waals surface area contributed by atoms with E-state index in [0.717, 1.165) is 17.7 Å². The molecule has 102 valence electrons. The predicted octanol–water partition coefficient (Wildman–Crippen LogP) is 2.27. The number of nitrogens with two attached hydrogens (primary N) is 1. The van der Waals surface area contributed by atoms with E-state index in [2.05, 4.69) is 10.1 Å². The maximum Gasteiger partial charge on any atom is 0.264 e. The fourth-order valence-corrected chi connectivity index (χ4v) is 1.66. The normalized spacial score (nSPS) is 10.9. The van der Waals surface area contributed by atoms with Gasteiger partial charge in [0, 0.05) is 5.92 Å². The van der Waals surface area contributed by atoms with Gasteiger partial charge in [-0.25, -0.2) is 0 Å². The maximum absolute atomic E-state index is 5.64. The van der Waals surface area contributed by atoms with Crippen molar-refractivity contribution in [3.05, 3.63) is 41.5 Å². The van der Waals surface area contributed by atoms with Crippen LogP contribution >= 0.6 is 0 Å². The lowest BCUT2D eigenvalue weighted by Crippen LogP contribution is -2.03. The van der Waals surface area contributed by atoms with E-state index >= 15 is 0 Å². The number of benzene rings is 1. The van der Waals surface area contributed by atoms with Crippen LogP contribution < -0.4 is 10.5 Å². The summed E-state index contributed by atoms with van der Waals surface area (Å²) in [7, 11) is 0. The highest BCUT2D eigenvalue weighted by Crippen LogP contribution is 2.16. The zero-order valence-electron chi connectivity index (χ0n) is 11.3. The molecule has 19 heavy (non-hydrogen) atoms. The first kappa shape index (κ1) is 13.5. The molecular formula is C14H19N3O2. The van der Waals surface area contributed by atoms with E-state index in [1.165, 1.54) is 0 Å². The minimum absolute atomic E-state index is 0.255. The van der Waals surface area contributed by atoms with Crippen LogP contribution in [0.25, 0.3) is 0 Å². The highest BCUT2D eigenvalue weighted by Gasteiger charge is 2.10. The van der Waals surface area contributed by atoms with Gasteiger partial charge in [0.25, 0.3) is 5.89 Å². The fraction of sp³-hybridized carbons (Fsp3) is 0.429. The Morgan fingerprint density at radius 1 is 1.37 bits per heavy atom. The molecule has 0 radical (unpaired) electrons. The highest BCUT2D eigenvalue weighted by atomic mass is 16.5. The Balaban J connectivity index is 1.95. The number of nitrogens with zero attached hydrogens (tertiary/aromatic N) is 2. The van der Waals surface area contributed by atoms with Gasteiger partial charge in [-0.15, -0.1) is 0 Å². The van der Waals surface area contributed by atoms with Crippen molar-refractivity contribution in [2.24, 2.45) is 5.73 Å². The molecule has 2 N–H and O–H groups in total. The molecule has 0 atom stereocenters. The van der Waals surface area contributed by atoms with Gasteiger partial charge in [0.1, 0.15) is 5.75 Å². The molecular weight excluding hydrogens is 242 g/mol. The molecule has 0 fully saturated rings. The number of hydrogen-bond donors (Lipinski definition) is 1. The monoisotopic (exact) mass is 261 g/mol. The number of rotatable bonds is 6. The summed E-state index contributed by atoms with van der Waals surface area (Å²) in [6.45, 7) is 4.95. The van der Waals surface area contributed by atoms with Crippen LogP contribution in [-0.2, 0) is 13.0 Å². The zero-order chi connectivity index (χ0) is 13.7. The molecule has 0 aliphatic carbocycles. The smallest absolute Gasteiger partial charge is 0.264 e. The minimum Gasteiger partial charge on any atom is -0.484 e. The molecule has 1 aromatic heterocycles. The Morgan fingerprint density at radius 3 is 2.89 bits per heavy atom. The van der Waals surface area contributed by atoms with Crippen LogP contribution in [0.1, 0.15) is 37.0 Å². The molecule has 1 heterocycles. The number of aromatic nitrogens is 2. The Labute approximate surface area is 112 Å². The van der Waals surface area contributed by atoms with Crippen LogP contribution in [0, 0.1) is 0 Å². The summed E-state index contributed by atoms with van der Waals surface area (Å²) >= 11 is 0. The first-order valence-electron chi connectivity index (χ1n) is 6.43. The van der Waals surface area contributed by atoms with Crippen molar-refractivity contribution in [2.75, 3.05) is 6.54 Å². The number of hydrogen-bond acceptors (Lipinski definition) is 5. The molecule has 2 aromatic rings. The largest absolute Gasteiger partial charge is 0.484 e. The third-order valence-electron chi connectivity index (χ3n) is 2.69. The molecule has 1 aromatic carbocycles. The Morgan fingerprint density at radius 2 is 2.21 bits per heavy atom. The second-order valence-corrected chi connectivity index (χ2v) is 4.68. The molecule has 0 spiro atoms. The van der Waals surface area contributed by atoms with E-state index in [4.69, 9.17) is 15.0 Å². The van der Waals surface area contributed by atoms with Crippen molar-refractivity contribution >= 4 is 0 Å². The van der Waals surface area contributed by atoms with Crippen LogP contribution in [0.3, 0.4) is 0 Å². The summed E-state index contributed by atoms with van der Waals surface area (Å²) in [5, 5.41) is 3.89. The molecule has 0 aliphatic heterocycles. The summed E-state index contributed by atoms with van der Waals surface area (Å²) in [4.78, 5) is 4.26. The van der Waals surface area contributed by atoms with Crippen LogP contribution in [0.15, 0.2) is 28.8 Å². The molecule has 5 heteroatoms. The van der Waals surface area contributed by atoms with E-state index < -0.39 is 0 Å². The number of ether oxygens (including phenoxy) is 1. The van der Waals surface area contributed by atoms with Crippen molar-refractivity contribution in [1.29, 1.82) is 0 Å². The van der Waals surface area contributed by atoms with Gasteiger partial charge < -0.3 is 15.0 Å². The lowest BCUT2D eigenvalue weighted by molar-refractivity contribution is 0.242. The van der Waals surface area contributed by atoms with Crippen molar-refractivity contribution in [3.63, 3.8) is 0 Å². The second-order valence-electron chi connectivity index (χ2n) is 4.68. The quantitative estimate of drug-likeness (QED) is 0.863. The van der Waals surface area contributed by atoms with E-state index in [9.17, 15) is 0 Å². The van der Waals surface area contributed by atoms with Crippen molar-refractivity contribution in [1.82, 2.24) is 10.1 Å². The average molecular weight is 261 g/mol. The van der Waals surface area contributed by atoms with Crippen LogP contribution in [0.2, 0.25) is 0 Å². The van der Waals surface area contributed by atoms with Gasteiger partial charge in [-0.05, 0) is 30.7 Å². The summed E-state index contributed by atoms with van der Waals surface area (Å²) < 4.78 is 10.8. The Kier molecular flexibility index (Phi) is 4.52. The van der Waals surface area contributed by atoms with Gasteiger partial charge in [0.15, 0.2) is 12.4 Å². The summed E-state index contributed by atoms with van der Waals surface area (Å²) in [6, 6.07) is 7.86. The lowest BCUT2D eigenvalue weighted by atomic mass is 10.1. The second kappa shape index (κ2) is 6.33. The molecule has 5 nitrogen and oxygen atoms in total. The van der Waals surface area contributed by atoms with E-state index in [1.54, 1.807) is 0 Å². The fourth-order valence-electron chi connectivity index (χ4n) is 1.66. The Hall–Kier alpha value is -1.88. The first-order valence-corrected chi connectivity index (χ1v) is 6.43. The topological polar surface area (TPSA) is 74.2 Å². The third kappa shape index (κ3) is 3.79. The first-order chi connectivity index (χ1) is 9.19. The standard InChI is InChI=1S/C14H19N3O2/c1-10(2)14-16-13(19-17-14)9-18-12-5-3-4-11(8-12)6-7-15/h3-5,8,10H,6-7,9,15H2,1-2H3. The average Bonchev–Trinajstić information content (AvgIpc) is 2.86. The summed E-state index contributed by atoms with van der Waals surface area (Å²) in [5.74, 6) is 2.24. The zero-order valence-corrected chi connectivity index (χ0v) is 11.3. The Bertz CT molecular complexity index is 523.